The van der Waals surface area contributed by atoms with Crippen LogP contribution in [0.2, 0.25) is 0 Å². The molecule has 0 aromatic carbocycles. The number of hydrogen-bond acceptors (Lipinski definition) is 7. The smallest absolute Gasteiger partial charge is 0.336 e. The highest BCUT2D eigenvalue weighted by Crippen LogP contribution is 2.47. The van der Waals surface area contributed by atoms with E-state index >= 15 is 0 Å². The predicted molar refractivity (Wildman–Crippen MR) is 108 cm³/mol. The molecule has 0 radical (unpaired) electrons. The Kier molecular flexibility index (Phi) is 6.81. The lowest BCUT2D eigenvalue weighted by atomic mass is 9.68. The van der Waals surface area contributed by atoms with Gasteiger partial charge in [0.1, 0.15) is 0 Å². The first-order valence-corrected chi connectivity index (χ1v) is 10.9. The summed E-state index contributed by atoms with van der Waals surface area (Å²) in [5.41, 5.74) is -0.646. The monoisotopic (exact) mass is 408 g/mol. The fourth-order valence-electron chi connectivity index (χ4n) is 5.18. The van der Waals surface area contributed by atoms with Crippen molar-refractivity contribution in [3.05, 3.63) is 11.6 Å². The fourth-order valence-corrected chi connectivity index (χ4v) is 5.18. The molecule has 7 nitrogen and oxygen atoms in total. The molecule has 29 heavy (non-hydrogen) atoms. The number of aliphatic hydroxyl groups excluding tert-OH is 2. The summed E-state index contributed by atoms with van der Waals surface area (Å²) in [7, 11) is 1.34. The maximum atomic E-state index is 12.8. The van der Waals surface area contributed by atoms with Gasteiger partial charge in [0.25, 0.3) is 0 Å². The molecule has 0 unspecified atom stereocenters. The minimum Gasteiger partial charge on any atom is -0.467 e. The predicted octanol–water partition coefficient (Wildman–Crippen LogP) is 3.19. The zero-order chi connectivity index (χ0) is 21.2. The Labute approximate surface area is 173 Å². The van der Waals surface area contributed by atoms with Gasteiger partial charge in [-0.05, 0) is 58.3 Å². The Hall–Kier alpha value is -1.31. The van der Waals surface area contributed by atoms with Gasteiger partial charge in [0.15, 0.2) is 5.54 Å². The molecular formula is C22H36N2O5. The van der Waals surface area contributed by atoms with Crippen molar-refractivity contribution < 1.29 is 24.5 Å². The topological polar surface area (TPSA) is 101 Å². The molecule has 0 amide bonds. The zero-order valence-corrected chi connectivity index (χ0v) is 18.1. The largest absolute Gasteiger partial charge is 0.467 e. The summed E-state index contributed by atoms with van der Waals surface area (Å²) in [6.45, 7) is 6.51. The van der Waals surface area contributed by atoms with Gasteiger partial charge in [0, 0.05) is 12.3 Å². The summed E-state index contributed by atoms with van der Waals surface area (Å²) < 4.78 is 11.6. The van der Waals surface area contributed by atoms with Crippen LogP contribution in [0.4, 0.5) is 0 Å². The van der Waals surface area contributed by atoms with E-state index in [1.165, 1.54) is 12.7 Å². The highest BCUT2D eigenvalue weighted by molar-refractivity contribution is 5.82. The van der Waals surface area contributed by atoms with Crippen LogP contribution in [0.3, 0.4) is 0 Å². The third kappa shape index (κ3) is 4.28. The molecule has 2 N–H and O–H groups in total. The van der Waals surface area contributed by atoms with Crippen LogP contribution < -0.4 is 0 Å². The maximum Gasteiger partial charge on any atom is 0.336 e. The molecule has 0 spiro atoms. The van der Waals surface area contributed by atoms with Crippen LogP contribution in [0.25, 0.3) is 0 Å². The van der Waals surface area contributed by atoms with E-state index in [4.69, 9.17) is 9.47 Å². The molecule has 0 aliphatic carbocycles. The van der Waals surface area contributed by atoms with Gasteiger partial charge >= 0.3 is 5.97 Å². The average Bonchev–Trinajstić information content (AvgIpc) is 3.18. The molecule has 3 rings (SSSR count). The average molecular weight is 409 g/mol. The van der Waals surface area contributed by atoms with E-state index in [9.17, 15) is 15.0 Å². The van der Waals surface area contributed by atoms with Gasteiger partial charge in [-0.2, -0.15) is 10.2 Å². The van der Waals surface area contributed by atoms with E-state index < -0.39 is 41.3 Å². The van der Waals surface area contributed by atoms with Crippen molar-refractivity contribution in [1.29, 1.82) is 0 Å². The number of allylic oxidation sites excluding steroid dienone is 2. The number of esters is 1. The highest BCUT2D eigenvalue weighted by Gasteiger charge is 2.59. The van der Waals surface area contributed by atoms with Crippen molar-refractivity contribution in [2.45, 2.75) is 95.2 Å². The summed E-state index contributed by atoms with van der Waals surface area (Å²) in [6.07, 6.45) is 5.17. The van der Waals surface area contributed by atoms with Crippen molar-refractivity contribution in [1.82, 2.24) is 0 Å². The summed E-state index contributed by atoms with van der Waals surface area (Å²) in [4.78, 5) is 12.8. The third-order valence-electron chi connectivity index (χ3n) is 7.26. The number of carbonyl (C=O) groups is 1. The molecule has 164 valence electrons. The SMILES string of the molecule is COC(=O)[C@]1([C@@H]2C[C@@H](O)[C@]3(C)CC/C=C(\C)CCC[C@H](C)[C@H](O)[C@@H]2O3)CCN=N1. The summed E-state index contributed by atoms with van der Waals surface area (Å²) >= 11 is 0. The molecule has 0 aromatic rings. The number of carbonyl (C=O) groups excluding carboxylic acids is 1. The first-order valence-electron chi connectivity index (χ1n) is 10.9. The lowest BCUT2D eigenvalue weighted by Gasteiger charge is -2.51. The van der Waals surface area contributed by atoms with Gasteiger partial charge in [-0.3, -0.25) is 0 Å². The van der Waals surface area contributed by atoms with E-state index in [-0.39, 0.29) is 5.92 Å². The molecule has 1 saturated heterocycles. The van der Waals surface area contributed by atoms with E-state index in [1.54, 1.807) is 0 Å². The van der Waals surface area contributed by atoms with Crippen LogP contribution in [-0.2, 0) is 14.3 Å². The minimum absolute atomic E-state index is 0.00209. The second-order valence-electron chi connectivity index (χ2n) is 9.33. The minimum atomic E-state index is -1.20. The van der Waals surface area contributed by atoms with E-state index in [0.29, 0.717) is 25.8 Å². The number of azo groups is 1. The zero-order valence-electron chi connectivity index (χ0n) is 18.1. The van der Waals surface area contributed by atoms with Crippen molar-refractivity contribution in [2.24, 2.45) is 22.1 Å². The van der Waals surface area contributed by atoms with Gasteiger partial charge in [-0.15, -0.1) is 0 Å². The second kappa shape index (κ2) is 8.82. The van der Waals surface area contributed by atoms with Gasteiger partial charge < -0.3 is 19.7 Å². The molecule has 3 aliphatic heterocycles. The Morgan fingerprint density at radius 3 is 2.76 bits per heavy atom. The summed E-state index contributed by atoms with van der Waals surface area (Å²) in [6, 6.07) is 0. The molecule has 0 aromatic heterocycles. The maximum absolute atomic E-state index is 12.8. The lowest BCUT2D eigenvalue weighted by molar-refractivity contribution is -0.245. The van der Waals surface area contributed by atoms with Gasteiger partial charge in [-0.25, -0.2) is 4.79 Å². The van der Waals surface area contributed by atoms with Crippen LogP contribution in [0.5, 0.6) is 0 Å². The number of fused-ring (bicyclic) bond motifs is 2. The van der Waals surface area contributed by atoms with Gasteiger partial charge in [-0.1, -0.05) is 18.6 Å². The number of aliphatic hydroxyl groups is 2. The van der Waals surface area contributed by atoms with Crippen molar-refractivity contribution in [3.63, 3.8) is 0 Å². The molecule has 0 saturated carbocycles. The Bertz CT molecular complexity index is 666. The Balaban J connectivity index is 1.99. The molecule has 7 heteroatoms. The number of hydrogen-bond donors (Lipinski definition) is 2. The van der Waals surface area contributed by atoms with Crippen molar-refractivity contribution in [3.8, 4) is 0 Å². The quantitative estimate of drug-likeness (QED) is 0.540. The van der Waals surface area contributed by atoms with E-state index in [1.807, 2.05) is 13.8 Å². The second-order valence-corrected chi connectivity index (χ2v) is 9.33. The van der Waals surface area contributed by atoms with Crippen molar-refractivity contribution >= 4 is 5.97 Å². The lowest BCUT2D eigenvalue weighted by Crippen LogP contribution is -2.63. The van der Waals surface area contributed by atoms with Crippen molar-refractivity contribution in [2.75, 3.05) is 13.7 Å². The first-order chi connectivity index (χ1) is 13.7. The number of rotatable bonds is 2. The Morgan fingerprint density at radius 1 is 1.34 bits per heavy atom. The highest BCUT2D eigenvalue weighted by atomic mass is 16.5. The van der Waals surface area contributed by atoms with Crippen LogP contribution >= 0.6 is 0 Å². The summed E-state index contributed by atoms with van der Waals surface area (Å²) in [5, 5.41) is 30.7. The molecule has 3 heterocycles. The third-order valence-corrected chi connectivity index (χ3v) is 7.26. The van der Waals surface area contributed by atoms with Crippen LogP contribution in [0, 0.1) is 11.8 Å². The van der Waals surface area contributed by atoms with E-state index in [0.717, 1.165) is 25.7 Å². The molecule has 2 bridgehead atoms. The van der Waals surface area contributed by atoms with Gasteiger partial charge in [0.2, 0.25) is 0 Å². The number of nitrogens with zero attached hydrogens (tertiary/aromatic N) is 2. The standard InChI is InChI=1S/C22H36N2O5/c1-14-7-5-9-15(2)18(26)19-16(22(20(27)28-4)11-12-23-24-22)13-17(25)21(3,29-19)10-6-8-14/h8,15-19,25-26H,5-7,9-13H2,1-4H3/b14-8+/t15-,16+,17+,18-,19+,21-,22+/m0/s1. The fraction of sp³-hybridized carbons (Fsp3) is 0.864. The normalized spacial score (nSPS) is 45.6. The van der Waals surface area contributed by atoms with Crippen LogP contribution in [0.15, 0.2) is 21.9 Å². The molecule has 3 aliphatic rings. The van der Waals surface area contributed by atoms with Gasteiger partial charge in [0.05, 0.1) is 37.6 Å². The van der Waals surface area contributed by atoms with E-state index in [2.05, 4.69) is 23.2 Å². The molecule has 7 atom stereocenters. The first kappa shape index (κ1) is 22.4. The molecular weight excluding hydrogens is 372 g/mol. The molecule has 1 fully saturated rings. The Morgan fingerprint density at radius 2 is 2.10 bits per heavy atom. The van der Waals surface area contributed by atoms with Crippen LogP contribution in [-0.4, -0.2) is 59.3 Å². The summed E-state index contributed by atoms with van der Waals surface area (Å²) in [5.74, 6) is -0.947. The van der Waals surface area contributed by atoms with Crippen LogP contribution in [0.1, 0.15) is 65.7 Å². The number of methoxy groups -OCH3 is 1. The number of ether oxygens (including phenoxy) is 2.